The van der Waals surface area contributed by atoms with E-state index in [0.29, 0.717) is 30.9 Å². The fourth-order valence-corrected chi connectivity index (χ4v) is 4.94. The number of hydrogen-bond donors (Lipinski definition) is 0. The predicted octanol–water partition coefficient (Wildman–Crippen LogP) is 4.02. The minimum Gasteiger partial charge on any atom is -0.497 e. The summed E-state index contributed by atoms with van der Waals surface area (Å²) in [6.45, 7) is 8.23. The van der Waals surface area contributed by atoms with Crippen molar-refractivity contribution >= 4 is 11.6 Å². The number of anilines is 1. The molecule has 1 amide bonds. The first-order chi connectivity index (χ1) is 15.0. The molecule has 4 heterocycles. The van der Waals surface area contributed by atoms with E-state index >= 15 is 0 Å². The van der Waals surface area contributed by atoms with Gasteiger partial charge in [0.2, 0.25) is 0 Å². The van der Waals surface area contributed by atoms with Crippen molar-refractivity contribution in [1.82, 2.24) is 14.5 Å². The molecule has 1 spiro atoms. The van der Waals surface area contributed by atoms with E-state index in [2.05, 4.69) is 45.4 Å². The average Bonchev–Trinajstić information content (AvgIpc) is 3.45. The van der Waals surface area contributed by atoms with Crippen LogP contribution in [0.5, 0.6) is 5.75 Å². The lowest BCUT2D eigenvalue weighted by molar-refractivity contribution is 0.0782. The van der Waals surface area contributed by atoms with Crippen LogP contribution < -0.4 is 9.64 Å². The van der Waals surface area contributed by atoms with Gasteiger partial charge >= 0.3 is 0 Å². The normalized spacial score (nSPS) is 19.3. The highest BCUT2D eigenvalue weighted by atomic mass is 16.5. The molecule has 158 valence electrons. The number of carbonyl (C=O) groups is 1. The van der Waals surface area contributed by atoms with Crippen LogP contribution in [0.3, 0.4) is 0 Å². The lowest BCUT2D eigenvalue weighted by Gasteiger charge is -2.47. The van der Waals surface area contributed by atoms with Crippen molar-refractivity contribution in [3.8, 4) is 11.6 Å². The molecule has 0 unspecified atom stereocenters. The first-order valence-electron chi connectivity index (χ1n) is 10.5. The quantitative estimate of drug-likeness (QED) is 0.605. The van der Waals surface area contributed by atoms with Gasteiger partial charge in [-0.25, -0.2) is 4.98 Å². The number of rotatable bonds is 4. The van der Waals surface area contributed by atoms with Gasteiger partial charge in [0.05, 0.1) is 18.5 Å². The second kappa shape index (κ2) is 7.30. The van der Waals surface area contributed by atoms with Gasteiger partial charge in [-0.3, -0.25) is 4.79 Å². The molecular weight excluding hydrogens is 388 g/mol. The summed E-state index contributed by atoms with van der Waals surface area (Å²) >= 11 is 0. The molecule has 2 aliphatic rings. The Morgan fingerprint density at radius 1 is 1.23 bits per heavy atom. The van der Waals surface area contributed by atoms with E-state index in [1.54, 1.807) is 7.11 Å². The summed E-state index contributed by atoms with van der Waals surface area (Å²) in [7, 11) is 1.62. The smallest absolute Gasteiger partial charge is 0.254 e. The minimum atomic E-state index is -0.326. The van der Waals surface area contributed by atoms with Crippen LogP contribution in [0.1, 0.15) is 29.4 Å². The Labute approximate surface area is 182 Å². The van der Waals surface area contributed by atoms with Gasteiger partial charge in [0, 0.05) is 37.6 Å². The van der Waals surface area contributed by atoms with Crippen LogP contribution >= 0.6 is 0 Å². The SMILES string of the molecule is C=C(C)CN1c2cccnc2-n2cccc2[C@@]12CCN(C(=O)c1cccc(OC)c1)C2. The number of fused-ring (bicyclic) bond motifs is 4. The third-order valence-electron chi connectivity index (χ3n) is 6.31. The fourth-order valence-electron chi connectivity index (χ4n) is 4.94. The number of benzene rings is 1. The zero-order valence-electron chi connectivity index (χ0n) is 17.9. The first kappa shape index (κ1) is 19.4. The van der Waals surface area contributed by atoms with Crippen molar-refractivity contribution in [1.29, 1.82) is 0 Å². The highest BCUT2D eigenvalue weighted by molar-refractivity contribution is 5.95. The van der Waals surface area contributed by atoms with Gasteiger partial charge in [-0.05, 0) is 55.8 Å². The summed E-state index contributed by atoms with van der Waals surface area (Å²) < 4.78 is 7.48. The van der Waals surface area contributed by atoms with Crippen molar-refractivity contribution in [2.45, 2.75) is 18.9 Å². The molecule has 2 aliphatic heterocycles. The summed E-state index contributed by atoms with van der Waals surface area (Å²) in [6, 6.07) is 15.7. The van der Waals surface area contributed by atoms with Crippen molar-refractivity contribution in [2.24, 2.45) is 0 Å². The van der Waals surface area contributed by atoms with Crippen molar-refractivity contribution in [3.05, 3.63) is 84.3 Å². The van der Waals surface area contributed by atoms with E-state index in [9.17, 15) is 4.79 Å². The molecule has 0 bridgehead atoms. The third-order valence-corrected chi connectivity index (χ3v) is 6.31. The molecule has 0 N–H and O–H groups in total. The Morgan fingerprint density at radius 2 is 2.10 bits per heavy atom. The molecule has 0 aliphatic carbocycles. The van der Waals surface area contributed by atoms with Crippen molar-refractivity contribution in [3.63, 3.8) is 0 Å². The molecule has 0 radical (unpaired) electrons. The number of methoxy groups -OCH3 is 1. The minimum absolute atomic E-state index is 0.0288. The highest BCUT2D eigenvalue weighted by Gasteiger charge is 2.50. The maximum absolute atomic E-state index is 13.4. The number of likely N-dealkylation sites (tertiary alicyclic amines) is 1. The van der Waals surface area contributed by atoms with E-state index < -0.39 is 0 Å². The van der Waals surface area contributed by atoms with E-state index in [1.807, 2.05) is 48.4 Å². The summed E-state index contributed by atoms with van der Waals surface area (Å²) in [5, 5.41) is 0. The van der Waals surface area contributed by atoms with Crippen molar-refractivity contribution in [2.75, 3.05) is 31.6 Å². The van der Waals surface area contributed by atoms with Crippen molar-refractivity contribution < 1.29 is 9.53 Å². The number of carbonyl (C=O) groups excluding carboxylic acids is 1. The molecule has 31 heavy (non-hydrogen) atoms. The maximum Gasteiger partial charge on any atom is 0.254 e. The Morgan fingerprint density at radius 3 is 2.90 bits per heavy atom. The number of amides is 1. The Bertz CT molecular complexity index is 1170. The first-order valence-corrected chi connectivity index (χ1v) is 10.5. The molecular formula is C25H26N4O2. The third kappa shape index (κ3) is 3.02. The summed E-state index contributed by atoms with van der Waals surface area (Å²) in [5.74, 6) is 1.64. The predicted molar refractivity (Wildman–Crippen MR) is 121 cm³/mol. The summed E-state index contributed by atoms with van der Waals surface area (Å²) in [4.78, 5) is 22.4. The molecule has 2 aromatic heterocycles. The second-order valence-corrected chi connectivity index (χ2v) is 8.39. The van der Waals surface area contributed by atoms with E-state index in [0.717, 1.165) is 23.5 Å². The average molecular weight is 415 g/mol. The maximum atomic E-state index is 13.4. The van der Waals surface area contributed by atoms with E-state index in [1.165, 1.54) is 5.69 Å². The van der Waals surface area contributed by atoms with Gasteiger partial charge < -0.3 is 19.1 Å². The number of pyridine rings is 1. The number of nitrogens with zero attached hydrogens (tertiary/aromatic N) is 4. The van der Waals surface area contributed by atoms with Crippen LogP contribution in [-0.4, -0.2) is 47.1 Å². The fraction of sp³-hybridized carbons (Fsp3) is 0.280. The molecule has 1 fully saturated rings. The van der Waals surface area contributed by atoms with Crippen LogP contribution in [-0.2, 0) is 5.54 Å². The van der Waals surface area contributed by atoms with E-state index in [4.69, 9.17) is 4.74 Å². The largest absolute Gasteiger partial charge is 0.497 e. The molecule has 3 aromatic rings. The molecule has 0 saturated carbocycles. The zero-order valence-corrected chi connectivity index (χ0v) is 17.9. The zero-order chi connectivity index (χ0) is 21.6. The Balaban J connectivity index is 1.56. The second-order valence-electron chi connectivity index (χ2n) is 8.39. The van der Waals surface area contributed by atoms with Crippen LogP contribution in [0.4, 0.5) is 5.69 Å². The number of hydrogen-bond acceptors (Lipinski definition) is 4. The molecule has 6 heteroatoms. The van der Waals surface area contributed by atoms with Gasteiger partial charge in [0.1, 0.15) is 11.3 Å². The van der Waals surface area contributed by atoms with Gasteiger partial charge in [-0.1, -0.05) is 18.2 Å². The monoisotopic (exact) mass is 414 g/mol. The van der Waals surface area contributed by atoms with Gasteiger partial charge in [-0.2, -0.15) is 0 Å². The highest BCUT2D eigenvalue weighted by Crippen LogP contribution is 2.47. The molecule has 1 atom stereocenters. The Hall–Kier alpha value is -3.54. The standard InChI is InChI=1S/C25H26N4O2/c1-18(2)16-29-21-9-5-12-26-23(21)28-13-6-10-22(28)25(29)11-14-27(17-25)24(30)19-7-4-8-20(15-19)31-3/h4-10,12-13,15H,1,11,14,16-17H2,2-3H3/t25-/m0/s1. The number of aromatic nitrogens is 2. The van der Waals surface area contributed by atoms with Crippen LogP contribution in [0.2, 0.25) is 0 Å². The molecule has 1 aromatic carbocycles. The van der Waals surface area contributed by atoms with Crippen LogP contribution in [0, 0.1) is 0 Å². The number of ether oxygens (including phenoxy) is 1. The van der Waals surface area contributed by atoms with E-state index in [-0.39, 0.29) is 11.4 Å². The lowest BCUT2D eigenvalue weighted by Crippen LogP contribution is -2.53. The Kier molecular flexibility index (Phi) is 4.58. The summed E-state index contributed by atoms with van der Waals surface area (Å²) in [5.41, 5.74) is 3.64. The van der Waals surface area contributed by atoms with Gasteiger partial charge in [0.25, 0.3) is 5.91 Å². The topological polar surface area (TPSA) is 50.6 Å². The lowest BCUT2D eigenvalue weighted by atomic mass is 9.88. The van der Waals surface area contributed by atoms with Crippen LogP contribution in [0.25, 0.3) is 5.82 Å². The molecule has 1 saturated heterocycles. The van der Waals surface area contributed by atoms with Gasteiger partial charge in [0.15, 0.2) is 5.82 Å². The summed E-state index contributed by atoms with van der Waals surface area (Å²) in [6.07, 6.45) is 4.73. The van der Waals surface area contributed by atoms with Crippen LogP contribution in [0.15, 0.2) is 73.1 Å². The van der Waals surface area contributed by atoms with Gasteiger partial charge in [-0.15, -0.1) is 0 Å². The molecule has 6 nitrogen and oxygen atoms in total. The molecule has 5 rings (SSSR count).